The first-order chi connectivity index (χ1) is 8.24. The molecule has 1 aromatic rings. The van der Waals surface area contributed by atoms with Crippen LogP contribution in [0.2, 0.25) is 0 Å². The summed E-state index contributed by atoms with van der Waals surface area (Å²) >= 11 is 5.17. The molecule has 1 N–H and O–H groups in total. The van der Waals surface area contributed by atoms with Crippen molar-refractivity contribution < 1.29 is 4.79 Å². The number of amides is 1. The van der Waals surface area contributed by atoms with Crippen LogP contribution in [0.1, 0.15) is 19.3 Å². The zero-order chi connectivity index (χ0) is 12.1. The predicted molar refractivity (Wildman–Crippen MR) is 73.0 cm³/mol. The molecule has 1 amide bonds. The average molecular weight is 316 g/mol. The largest absolute Gasteiger partial charge is 0.309 e. The van der Waals surface area contributed by atoms with Gasteiger partial charge >= 0.3 is 0 Å². The summed E-state index contributed by atoms with van der Waals surface area (Å²) in [5, 5.41) is 2.78. The molecule has 0 radical (unpaired) electrons. The molecule has 1 aromatic heterocycles. The molecule has 0 unspecified atom stereocenters. The van der Waals surface area contributed by atoms with Gasteiger partial charge in [0.25, 0.3) is 0 Å². The van der Waals surface area contributed by atoms with Gasteiger partial charge in [0.1, 0.15) is 4.60 Å². The number of nitrogens with zero attached hydrogens (tertiary/aromatic N) is 2. The van der Waals surface area contributed by atoms with Crippen molar-refractivity contribution >= 4 is 39.4 Å². The van der Waals surface area contributed by atoms with E-state index in [1.807, 2.05) is 11.8 Å². The molecule has 1 saturated heterocycles. The van der Waals surface area contributed by atoms with Gasteiger partial charge in [0.15, 0.2) is 5.82 Å². The second-order valence-corrected chi connectivity index (χ2v) is 6.07. The van der Waals surface area contributed by atoms with Gasteiger partial charge in [0.05, 0.1) is 12.4 Å². The first-order valence-corrected chi connectivity index (χ1v) is 7.54. The van der Waals surface area contributed by atoms with E-state index in [0.29, 0.717) is 22.8 Å². The zero-order valence-corrected chi connectivity index (χ0v) is 11.8. The highest BCUT2D eigenvalue weighted by Crippen LogP contribution is 2.25. The van der Waals surface area contributed by atoms with E-state index in [1.54, 1.807) is 12.4 Å². The van der Waals surface area contributed by atoms with Crippen molar-refractivity contribution in [1.29, 1.82) is 0 Å². The third kappa shape index (κ3) is 4.27. The third-order valence-corrected chi connectivity index (χ3v) is 4.16. The van der Waals surface area contributed by atoms with Crippen molar-refractivity contribution in [3.8, 4) is 0 Å². The highest BCUT2D eigenvalue weighted by Gasteiger charge is 2.17. The summed E-state index contributed by atoms with van der Waals surface area (Å²) in [5.74, 6) is 3.44. The van der Waals surface area contributed by atoms with Crippen molar-refractivity contribution in [3.63, 3.8) is 0 Å². The minimum Gasteiger partial charge on any atom is -0.309 e. The number of nitrogens with one attached hydrogen (secondary N) is 1. The Morgan fingerprint density at radius 2 is 2.18 bits per heavy atom. The second-order valence-electron chi connectivity index (χ2n) is 4.03. The molecular weight excluding hydrogens is 302 g/mol. The fourth-order valence-corrected chi connectivity index (χ4v) is 3.19. The van der Waals surface area contributed by atoms with Crippen LogP contribution in [-0.2, 0) is 4.79 Å². The van der Waals surface area contributed by atoms with Gasteiger partial charge in [-0.1, -0.05) is 0 Å². The molecule has 0 saturated carbocycles. The lowest BCUT2D eigenvalue weighted by Crippen LogP contribution is -2.20. The number of hydrogen-bond acceptors (Lipinski definition) is 4. The highest BCUT2D eigenvalue weighted by atomic mass is 79.9. The van der Waals surface area contributed by atoms with Crippen molar-refractivity contribution in [2.75, 3.05) is 16.8 Å². The van der Waals surface area contributed by atoms with Crippen LogP contribution in [0.5, 0.6) is 0 Å². The van der Waals surface area contributed by atoms with E-state index in [1.165, 1.54) is 11.5 Å². The molecule has 0 aliphatic carbocycles. The molecule has 6 heteroatoms. The number of rotatable bonds is 3. The summed E-state index contributed by atoms with van der Waals surface area (Å²) in [6.45, 7) is 0. The maximum Gasteiger partial charge on any atom is 0.225 e. The molecule has 92 valence electrons. The normalized spacial score (nSPS) is 16.8. The van der Waals surface area contributed by atoms with Gasteiger partial charge in [-0.2, -0.15) is 11.8 Å². The summed E-state index contributed by atoms with van der Waals surface area (Å²) in [4.78, 5) is 19.8. The van der Waals surface area contributed by atoms with Gasteiger partial charge in [-0.25, -0.2) is 9.97 Å². The van der Waals surface area contributed by atoms with Crippen LogP contribution in [0.25, 0.3) is 0 Å². The smallest absolute Gasteiger partial charge is 0.225 e. The first kappa shape index (κ1) is 12.8. The zero-order valence-electron chi connectivity index (χ0n) is 9.36. The molecule has 4 nitrogen and oxygen atoms in total. The number of carbonyl (C=O) groups excluding carboxylic acids is 1. The monoisotopic (exact) mass is 315 g/mol. The molecule has 0 atom stereocenters. The maximum absolute atomic E-state index is 11.8. The molecule has 1 aliphatic heterocycles. The number of thioether (sulfide) groups is 1. The third-order valence-electron chi connectivity index (χ3n) is 2.70. The van der Waals surface area contributed by atoms with Gasteiger partial charge < -0.3 is 5.32 Å². The topological polar surface area (TPSA) is 54.9 Å². The Morgan fingerprint density at radius 1 is 1.41 bits per heavy atom. The molecule has 2 heterocycles. The minimum absolute atomic E-state index is 0.0403. The highest BCUT2D eigenvalue weighted by molar-refractivity contribution is 9.10. The van der Waals surface area contributed by atoms with E-state index in [4.69, 9.17) is 0 Å². The van der Waals surface area contributed by atoms with Gasteiger partial charge in [-0.05, 0) is 46.2 Å². The van der Waals surface area contributed by atoms with Gasteiger partial charge in [0, 0.05) is 6.42 Å². The van der Waals surface area contributed by atoms with E-state index in [-0.39, 0.29) is 5.91 Å². The van der Waals surface area contributed by atoms with Crippen LogP contribution < -0.4 is 5.32 Å². The summed E-state index contributed by atoms with van der Waals surface area (Å²) < 4.78 is 0.666. The quantitative estimate of drug-likeness (QED) is 0.931. The van der Waals surface area contributed by atoms with Crippen LogP contribution in [-0.4, -0.2) is 27.4 Å². The van der Waals surface area contributed by atoms with E-state index in [9.17, 15) is 4.79 Å². The fourth-order valence-electron chi connectivity index (χ4n) is 1.78. The van der Waals surface area contributed by atoms with Crippen LogP contribution in [0.4, 0.5) is 5.82 Å². The number of halogens is 1. The lowest BCUT2D eigenvalue weighted by atomic mass is 9.98. The summed E-state index contributed by atoms with van der Waals surface area (Å²) in [7, 11) is 0. The van der Waals surface area contributed by atoms with Crippen LogP contribution in [0, 0.1) is 5.92 Å². The molecule has 17 heavy (non-hydrogen) atoms. The van der Waals surface area contributed by atoms with Gasteiger partial charge in [-0.3, -0.25) is 4.79 Å². The molecule has 0 spiro atoms. The molecule has 2 rings (SSSR count). The van der Waals surface area contributed by atoms with Gasteiger partial charge in [0.2, 0.25) is 5.91 Å². The van der Waals surface area contributed by atoms with Gasteiger partial charge in [-0.15, -0.1) is 0 Å². The second kappa shape index (κ2) is 6.35. The molecule has 1 aliphatic rings. The minimum atomic E-state index is 0.0403. The van der Waals surface area contributed by atoms with Crippen molar-refractivity contribution in [2.24, 2.45) is 5.92 Å². The van der Waals surface area contributed by atoms with E-state index < -0.39 is 0 Å². The summed E-state index contributed by atoms with van der Waals surface area (Å²) in [6, 6.07) is 0. The summed E-state index contributed by atoms with van der Waals surface area (Å²) in [5.41, 5.74) is 0. The van der Waals surface area contributed by atoms with E-state index >= 15 is 0 Å². The lowest BCUT2D eigenvalue weighted by molar-refractivity contribution is -0.117. The Balaban J connectivity index is 1.82. The van der Waals surface area contributed by atoms with Crippen molar-refractivity contribution in [1.82, 2.24) is 9.97 Å². The molecular formula is C11H14BrN3OS. The SMILES string of the molecule is O=C(CC1CCSCC1)Nc1cnc(Br)cn1. The standard InChI is InChI=1S/C11H14BrN3OS/c12-9-6-14-10(7-13-9)15-11(16)5-8-1-3-17-4-2-8/h6-8H,1-5H2,(H,14,15,16). The number of aromatic nitrogens is 2. The summed E-state index contributed by atoms with van der Waals surface area (Å²) in [6.07, 6.45) is 6.01. The number of carbonyl (C=O) groups is 1. The number of hydrogen-bond donors (Lipinski definition) is 1. The maximum atomic E-state index is 11.8. The lowest BCUT2D eigenvalue weighted by Gasteiger charge is -2.20. The fraction of sp³-hybridized carbons (Fsp3) is 0.545. The van der Waals surface area contributed by atoms with Crippen LogP contribution in [0.15, 0.2) is 17.0 Å². The van der Waals surface area contributed by atoms with Crippen molar-refractivity contribution in [3.05, 3.63) is 17.0 Å². The Bertz CT molecular complexity index is 379. The Kier molecular flexibility index (Phi) is 4.79. The molecule has 0 aromatic carbocycles. The predicted octanol–water partition coefficient (Wildman–Crippen LogP) is 2.71. The molecule has 0 bridgehead atoms. The molecule has 1 fully saturated rings. The number of anilines is 1. The Labute approximate surface area is 113 Å². The average Bonchev–Trinajstić information content (AvgIpc) is 2.33. The van der Waals surface area contributed by atoms with E-state index in [2.05, 4.69) is 31.2 Å². The van der Waals surface area contributed by atoms with Crippen LogP contribution in [0.3, 0.4) is 0 Å². The van der Waals surface area contributed by atoms with E-state index in [0.717, 1.165) is 12.8 Å². The van der Waals surface area contributed by atoms with Crippen LogP contribution >= 0.6 is 27.7 Å². The Morgan fingerprint density at radius 3 is 2.82 bits per heavy atom. The van der Waals surface area contributed by atoms with Crippen molar-refractivity contribution in [2.45, 2.75) is 19.3 Å². The Hall–Kier alpha value is -0.620. The first-order valence-electron chi connectivity index (χ1n) is 5.59.